The van der Waals surface area contributed by atoms with Gasteiger partial charge in [-0.1, -0.05) is 6.07 Å². The first-order chi connectivity index (χ1) is 8.04. The molecule has 1 aromatic carbocycles. The Balaban J connectivity index is 2.59. The summed E-state index contributed by atoms with van der Waals surface area (Å²) in [5.74, 6) is -0.530. The normalized spacial score (nSPS) is 12.2. The molecule has 0 saturated heterocycles. The van der Waals surface area contributed by atoms with E-state index in [1.54, 1.807) is 12.1 Å². The first kappa shape index (κ1) is 13.4. The van der Waals surface area contributed by atoms with E-state index >= 15 is 0 Å². The van der Waals surface area contributed by atoms with Gasteiger partial charge in [0.25, 0.3) is 0 Å². The predicted molar refractivity (Wildman–Crippen MR) is 63.2 cm³/mol. The lowest BCUT2D eigenvalue weighted by Crippen LogP contribution is -2.24. The molecule has 1 rings (SSSR count). The smallest absolute Gasteiger partial charge is 0.218 e. The van der Waals surface area contributed by atoms with Gasteiger partial charge in [-0.25, -0.2) is 4.39 Å². The van der Waals surface area contributed by atoms with Crippen LogP contribution in [0.5, 0.6) is 5.75 Å². The molecule has 0 aliphatic carbocycles. The van der Waals surface area contributed by atoms with Crippen molar-refractivity contribution in [1.29, 1.82) is 0 Å². The summed E-state index contributed by atoms with van der Waals surface area (Å²) in [6, 6.07) is 4.73. The number of carbonyl (C=O) groups excluding carboxylic acids is 1. The minimum Gasteiger partial charge on any atom is -0.494 e. The van der Waals surface area contributed by atoms with Gasteiger partial charge in [-0.3, -0.25) is 4.79 Å². The van der Waals surface area contributed by atoms with E-state index in [2.05, 4.69) is 5.32 Å². The zero-order valence-corrected chi connectivity index (χ0v) is 10.00. The number of methoxy groups -OCH3 is 1. The molecule has 94 valence electrons. The van der Waals surface area contributed by atoms with E-state index in [0.717, 1.165) is 5.56 Å². The third-order valence-corrected chi connectivity index (χ3v) is 2.50. The van der Waals surface area contributed by atoms with E-state index in [1.807, 2.05) is 6.92 Å². The average Bonchev–Trinajstić information content (AvgIpc) is 2.28. The van der Waals surface area contributed by atoms with Crippen LogP contribution in [0.4, 0.5) is 4.39 Å². The van der Waals surface area contributed by atoms with Crippen molar-refractivity contribution in [3.63, 3.8) is 0 Å². The highest BCUT2D eigenvalue weighted by Crippen LogP contribution is 2.21. The molecule has 0 spiro atoms. The lowest BCUT2D eigenvalue weighted by atomic mass is 10.1. The second-order valence-corrected chi connectivity index (χ2v) is 3.79. The molecule has 17 heavy (non-hydrogen) atoms. The molecule has 1 amide bonds. The van der Waals surface area contributed by atoms with Gasteiger partial charge in [0.15, 0.2) is 11.6 Å². The molecule has 1 atom stereocenters. The molecule has 0 heterocycles. The van der Waals surface area contributed by atoms with Crippen molar-refractivity contribution in [2.24, 2.45) is 5.73 Å². The Labute approximate surface area is 100.0 Å². The number of benzene rings is 1. The van der Waals surface area contributed by atoms with Crippen LogP contribution >= 0.6 is 0 Å². The third kappa shape index (κ3) is 4.03. The summed E-state index contributed by atoms with van der Waals surface area (Å²) >= 11 is 0. The Bertz CT molecular complexity index is 396. The zero-order valence-electron chi connectivity index (χ0n) is 10.00. The molecular formula is C12H17FN2O2. The van der Waals surface area contributed by atoms with Gasteiger partial charge in [-0.05, 0) is 24.6 Å². The molecule has 1 aromatic rings. The Morgan fingerprint density at radius 1 is 1.59 bits per heavy atom. The number of carbonyl (C=O) groups is 1. The molecule has 0 aromatic heterocycles. The lowest BCUT2D eigenvalue weighted by molar-refractivity contribution is -0.117. The molecule has 0 fully saturated rings. The zero-order chi connectivity index (χ0) is 12.8. The highest BCUT2D eigenvalue weighted by molar-refractivity contribution is 5.73. The van der Waals surface area contributed by atoms with Crippen LogP contribution in [0.25, 0.3) is 0 Å². The van der Waals surface area contributed by atoms with Crippen LogP contribution < -0.4 is 15.8 Å². The summed E-state index contributed by atoms with van der Waals surface area (Å²) in [4.78, 5) is 10.6. The van der Waals surface area contributed by atoms with Gasteiger partial charge in [-0.2, -0.15) is 0 Å². The minimum atomic E-state index is -0.395. The maximum atomic E-state index is 13.4. The molecule has 0 radical (unpaired) electrons. The summed E-state index contributed by atoms with van der Waals surface area (Å²) in [5, 5.41) is 3.09. The van der Waals surface area contributed by atoms with Crippen LogP contribution in [0.15, 0.2) is 18.2 Å². The van der Waals surface area contributed by atoms with Crippen LogP contribution in [0.2, 0.25) is 0 Å². The fourth-order valence-corrected chi connectivity index (χ4v) is 1.48. The molecular weight excluding hydrogens is 223 g/mol. The Morgan fingerprint density at radius 3 is 2.82 bits per heavy atom. The number of primary amides is 1. The highest BCUT2D eigenvalue weighted by Gasteiger charge is 2.09. The van der Waals surface area contributed by atoms with Crippen LogP contribution in [0.3, 0.4) is 0 Å². The first-order valence-corrected chi connectivity index (χ1v) is 5.39. The average molecular weight is 240 g/mol. The van der Waals surface area contributed by atoms with E-state index in [9.17, 15) is 9.18 Å². The van der Waals surface area contributed by atoms with Gasteiger partial charge in [0, 0.05) is 19.0 Å². The Kier molecular flexibility index (Phi) is 4.90. The Hall–Kier alpha value is -1.62. The number of halogens is 1. The monoisotopic (exact) mass is 240 g/mol. The molecule has 0 saturated carbocycles. The topological polar surface area (TPSA) is 64.3 Å². The van der Waals surface area contributed by atoms with Gasteiger partial charge in [0.2, 0.25) is 5.91 Å². The van der Waals surface area contributed by atoms with Gasteiger partial charge < -0.3 is 15.8 Å². The van der Waals surface area contributed by atoms with Crippen molar-refractivity contribution in [2.75, 3.05) is 13.7 Å². The number of hydrogen-bond donors (Lipinski definition) is 2. The molecule has 3 N–H and O–H groups in total. The predicted octanol–water partition coefficient (Wildman–Crippen LogP) is 1.36. The van der Waals surface area contributed by atoms with Gasteiger partial charge in [0.1, 0.15) is 0 Å². The fourth-order valence-electron chi connectivity index (χ4n) is 1.48. The van der Waals surface area contributed by atoms with E-state index in [4.69, 9.17) is 10.5 Å². The number of hydrogen-bond acceptors (Lipinski definition) is 3. The summed E-state index contributed by atoms with van der Waals surface area (Å²) in [6.45, 7) is 2.37. The second kappa shape index (κ2) is 6.20. The van der Waals surface area contributed by atoms with Crippen molar-refractivity contribution < 1.29 is 13.9 Å². The molecule has 1 unspecified atom stereocenters. The van der Waals surface area contributed by atoms with Crippen LogP contribution in [-0.4, -0.2) is 19.6 Å². The largest absolute Gasteiger partial charge is 0.494 e. The van der Waals surface area contributed by atoms with Gasteiger partial charge in [0.05, 0.1) is 7.11 Å². The second-order valence-electron chi connectivity index (χ2n) is 3.79. The SMILES string of the molecule is COc1ccc(C(C)NCCC(N)=O)cc1F. The number of nitrogens with two attached hydrogens (primary N) is 1. The summed E-state index contributed by atoms with van der Waals surface area (Å²) in [5.41, 5.74) is 5.82. The quantitative estimate of drug-likeness (QED) is 0.789. The third-order valence-electron chi connectivity index (χ3n) is 2.50. The maximum Gasteiger partial charge on any atom is 0.218 e. The molecule has 0 aliphatic rings. The Morgan fingerprint density at radius 2 is 2.29 bits per heavy atom. The van der Waals surface area contributed by atoms with Crippen molar-refractivity contribution in [3.8, 4) is 5.75 Å². The number of ether oxygens (including phenoxy) is 1. The number of nitrogens with one attached hydrogen (secondary N) is 1. The highest BCUT2D eigenvalue weighted by atomic mass is 19.1. The van der Waals surface area contributed by atoms with Crippen molar-refractivity contribution >= 4 is 5.91 Å². The molecule has 0 bridgehead atoms. The number of rotatable bonds is 6. The fraction of sp³-hybridized carbons (Fsp3) is 0.417. The van der Waals surface area contributed by atoms with E-state index in [0.29, 0.717) is 6.54 Å². The van der Waals surface area contributed by atoms with Crippen LogP contribution in [0, 0.1) is 5.82 Å². The van der Waals surface area contributed by atoms with E-state index in [1.165, 1.54) is 13.2 Å². The lowest BCUT2D eigenvalue weighted by Gasteiger charge is -2.14. The minimum absolute atomic E-state index is 0.0465. The van der Waals surface area contributed by atoms with Gasteiger partial charge >= 0.3 is 0 Å². The van der Waals surface area contributed by atoms with Gasteiger partial charge in [-0.15, -0.1) is 0 Å². The van der Waals surface area contributed by atoms with Crippen molar-refractivity contribution in [1.82, 2.24) is 5.32 Å². The molecule has 4 nitrogen and oxygen atoms in total. The van der Waals surface area contributed by atoms with Crippen molar-refractivity contribution in [2.45, 2.75) is 19.4 Å². The van der Waals surface area contributed by atoms with E-state index in [-0.39, 0.29) is 24.1 Å². The number of amides is 1. The van der Waals surface area contributed by atoms with Crippen LogP contribution in [-0.2, 0) is 4.79 Å². The maximum absolute atomic E-state index is 13.4. The summed E-state index contributed by atoms with van der Waals surface area (Å²) in [7, 11) is 1.42. The molecule has 0 aliphatic heterocycles. The summed E-state index contributed by atoms with van der Waals surface area (Å²) < 4.78 is 18.3. The van der Waals surface area contributed by atoms with Crippen LogP contribution in [0.1, 0.15) is 24.9 Å². The van der Waals surface area contributed by atoms with Crippen molar-refractivity contribution in [3.05, 3.63) is 29.6 Å². The standard InChI is InChI=1S/C12H17FN2O2/c1-8(15-6-5-12(14)16)9-3-4-11(17-2)10(13)7-9/h3-4,7-8,15H,5-6H2,1-2H3,(H2,14,16). The summed E-state index contributed by atoms with van der Waals surface area (Å²) in [6.07, 6.45) is 0.267. The first-order valence-electron chi connectivity index (χ1n) is 5.39. The molecule has 5 heteroatoms. The van der Waals surface area contributed by atoms with E-state index < -0.39 is 5.82 Å².